The van der Waals surface area contributed by atoms with Gasteiger partial charge in [0.05, 0.1) is 0 Å². The first-order valence-electron chi connectivity index (χ1n) is 8.72. The normalized spacial score (nSPS) is 14.1. The first-order valence-corrected chi connectivity index (χ1v) is 8.72. The third-order valence-electron chi connectivity index (χ3n) is 3.73. The van der Waals surface area contributed by atoms with Crippen LogP contribution in [0, 0.1) is 0 Å². The van der Waals surface area contributed by atoms with Crippen molar-refractivity contribution in [1.29, 1.82) is 0 Å². The Bertz CT molecular complexity index is 433. The van der Waals surface area contributed by atoms with E-state index in [1.807, 2.05) is 0 Å². The summed E-state index contributed by atoms with van der Waals surface area (Å²) < 4.78 is 97.1. The van der Waals surface area contributed by atoms with Gasteiger partial charge in [-0.05, 0) is 6.42 Å². The van der Waals surface area contributed by atoms with Crippen LogP contribution in [0.2, 0.25) is 0 Å². The average Bonchev–Trinajstić information content (AvgIpc) is 2.54. The molecule has 3 nitrogen and oxygen atoms in total. The lowest BCUT2D eigenvalue weighted by molar-refractivity contribution is -0.452. The molecular weight excluding hydrogens is 385 g/mol. The summed E-state index contributed by atoms with van der Waals surface area (Å²) in [7, 11) is 0. The monoisotopic (exact) mass is 410 g/mol. The Kier molecular flexibility index (Phi) is 10.9. The number of rotatable bonds is 13. The van der Waals surface area contributed by atoms with E-state index in [0.29, 0.717) is 18.9 Å². The smallest absolute Gasteiger partial charge is 0.432 e. The van der Waals surface area contributed by atoms with Crippen molar-refractivity contribution in [3.8, 4) is 0 Å². The zero-order valence-corrected chi connectivity index (χ0v) is 15.1. The van der Waals surface area contributed by atoms with Crippen molar-refractivity contribution in [2.24, 2.45) is 0 Å². The van der Waals surface area contributed by atoms with Crippen molar-refractivity contribution in [3.63, 3.8) is 0 Å². The van der Waals surface area contributed by atoms with Crippen LogP contribution in [0.4, 0.5) is 30.7 Å². The van der Waals surface area contributed by atoms with Crippen molar-refractivity contribution in [1.82, 2.24) is 0 Å². The molecular formula is C17H25F7O3. The second kappa shape index (κ2) is 11.5. The molecule has 0 heterocycles. The first kappa shape index (κ1) is 25.7. The van der Waals surface area contributed by atoms with Gasteiger partial charge >= 0.3 is 24.2 Å². The molecule has 1 unspecified atom stereocenters. The zero-order valence-electron chi connectivity index (χ0n) is 15.1. The van der Waals surface area contributed by atoms with E-state index in [1.165, 1.54) is 0 Å². The van der Waals surface area contributed by atoms with Crippen LogP contribution in [0.3, 0.4) is 0 Å². The Labute approximate surface area is 153 Å². The number of alkyl halides is 7. The Morgan fingerprint density at radius 2 is 1.33 bits per heavy atom. The molecule has 0 aromatic rings. The molecule has 10 heteroatoms. The van der Waals surface area contributed by atoms with Crippen LogP contribution in [0.25, 0.3) is 0 Å². The van der Waals surface area contributed by atoms with Crippen LogP contribution in [0.5, 0.6) is 0 Å². The molecule has 160 valence electrons. The van der Waals surface area contributed by atoms with E-state index < -0.39 is 36.9 Å². The second-order valence-electron chi connectivity index (χ2n) is 6.04. The highest BCUT2D eigenvalue weighted by Gasteiger charge is 2.75. The predicted octanol–water partition coefficient (Wildman–Crippen LogP) is 6.38. The summed E-state index contributed by atoms with van der Waals surface area (Å²) in [6.07, 6.45) is -8.80. The second-order valence-corrected chi connectivity index (χ2v) is 6.04. The summed E-state index contributed by atoms with van der Waals surface area (Å²) in [5.74, 6) is -7.25. The highest BCUT2D eigenvalue weighted by Crippen LogP contribution is 2.48. The summed E-state index contributed by atoms with van der Waals surface area (Å²) in [6.45, 7) is 5.04. The van der Waals surface area contributed by atoms with Crippen LogP contribution < -0.4 is 0 Å². The third-order valence-corrected chi connectivity index (χ3v) is 3.73. The molecule has 0 amide bonds. The lowest BCUT2D eigenvalue weighted by Gasteiger charge is -2.32. The maximum Gasteiger partial charge on any atom is 0.458 e. The quantitative estimate of drug-likeness (QED) is 0.116. The third kappa shape index (κ3) is 8.94. The molecule has 1 atom stereocenters. The topological polar surface area (TPSA) is 35.5 Å². The van der Waals surface area contributed by atoms with Crippen molar-refractivity contribution in [2.75, 3.05) is 0 Å². The zero-order chi connectivity index (χ0) is 21.1. The Morgan fingerprint density at radius 1 is 0.889 bits per heavy atom. The predicted molar refractivity (Wildman–Crippen MR) is 84.3 cm³/mol. The van der Waals surface area contributed by atoms with Crippen molar-refractivity contribution < 1.29 is 45.0 Å². The summed E-state index contributed by atoms with van der Waals surface area (Å²) in [5, 5.41) is 0. The number of carbonyl (C=O) groups is 1. The van der Waals surface area contributed by atoms with Crippen LogP contribution >= 0.6 is 0 Å². The molecule has 0 aliphatic carbocycles. The highest BCUT2D eigenvalue weighted by molar-refractivity contribution is 5.81. The molecule has 0 fully saturated rings. The Morgan fingerprint density at radius 3 is 1.74 bits per heavy atom. The highest BCUT2D eigenvalue weighted by atomic mass is 19.4. The van der Waals surface area contributed by atoms with E-state index >= 15 is 0 Å². The molecule has 27 heavy (non-hydrogen) atoms. The number of carbonyl (C=O) groups excluding carboxylic acids is 1. The molecule has 0 saturated heterocycles. The van der Waals surface area contributed by atoms with E-state index in [0.717, 1.165) is 32.1 Å². The van der Waals surface area contributed by atoms with Crippen LogP contribution in [-0.2, 0) is 14.3 Å². The molecule has 0 spiro atoms. The minimum absolute atomic E-state index is 0.106. The van der Waals surface area contributed by atoms with Gasteiger partial charge in [0.1, 0.15) is 0 Å². The minimum Gasteiger partial charge on any atom is -0.432 e. The Hall–Kier alpha value is -1.32. The van der Waals surface area contributed by atoms with Gasteiger partial charge in [-0.2, -0.15) is 30.7 Å². The van der Waals surface area contributed by atoms with Crippen molar-refractivity contribution in [3.05, 3.63) is 12.7 Å². The molecule has 0 aromatic carbocycles. The molecule has 0 radical (unpaired) electrons. The molecule has 0 aliphatic heterocycles. The molecule has 0 saturated carbocycles. The molecule has 0 rings (SSSR count). The van der Waals surface area contributed by atoms with Crippen LogP contribution in [0.15, 0.2) is 12.7 Å². The van der Waals surface area contributed by atoms with Gasteiger partial charge in [0, 0.05) is 12.5 Å². The number of esters is 1. The fourth-order valence-corrected chi connectivity index (χ4v) is 2.24. The first-order chi connectivity index (χ1) is 12.4. The average molecular weight is 410 g/mol. The standard InChI is InChI=1S/C17H25F7O3/c1-3-5-6-7-8-9-10-11-12-14(26-13(25)4-2)27-15(18,16(19,20)21)17(22,23)24/h4,14H,2-3,5-12H2,1H3. The molecule has 0 N–H and O–H groups in total. The Balaban J connectivity index is 4.80. The SMILES string of the molecule is C=CC(=O)OC(CCCCCCCCCC)OC(F)(C(F)(F)F)C(F)(F)F. The number of hydrogen-bond donors (Lipinski definition) is 0. The summed E-state index contributed by atoms with van der Waals surface area (Å²) in [4.78, 5) is 11.1. The van der Waals surface area contributed by atoms with Gasteiger partial charge in [-0.25, -0.2) is 4.79 Å². The van der Waals surface area contributed by atoms with E-state index in [1.54, 1.807) is 0 Å². The van der Waals surface area contributed by atoms with Gasteiger partial charge in [-0.1, -0.05) is 58.4 Å². The van der Waals surface area contributed by atoms with Crippen LogP contribution in [-0.4, -0.2) is 30.5 Å². The fourth-order valence-electron chi connectivity index (χ4n) is 2.24. The van der Waals surface area contributed by atoms with Gasteiger partial charge in [0.25, 0.3) is 0 Å². The van der Waals surface area contributed by atoms with E-state index in [9.17, 15) is 35.5 Å². The maximum absolute atomic E-state index is 13.7. The minimum atomic E-state index is -6.39. The van der Waals surface area contributed by atoms with E-state index in [-0.39, 0.29) is 6.42 Å². The van der Waals surface area contributed by atoms with Gasteiger partial charge < -0.3 is 4.74 Å². The van der Waals surface area contributed by atoms with Gasteiger partial charge in [0.15, 0.2) is 0 Å². The van der Waals surface area contributed by atoms with Gasteiger partial charge in [0.2, 0.25) is 6.29 Å². The summed E-state index contributed by atoms with van der Waals surface area (Å²) in [6, 6.07) is 0. The summed E-state index contributed by atoms with van der Waals surface area (Å²) >= 11 is 0. The molecule has 0 aromatic heterocycles. The van der Waals surface area contributed by atoms with Gasteiger partial charge in [-0.15, -0.1) is 0 Å². The number of unbranched alkanes of at least 4 members (excludes halogenated alkanes) is 7. The van der Waals surface area contributed by atoms with E-state index in [2.05, 4.69) is 23.0 Å². The number of ether oxygens (including phenoxy) is 2. The number of halogens is 7. The summed E-state index contributed by atoms with van der Waals surface area (Å²) in [5.41, 5.74) is 0. The lowest BCUT2D eigenvalue weighted by atomic mass is 10.1. The molecule has 0 bridgehead atoms. The lowest BCUT2D eigenvalue weighted by Crippen LogP contribution is -2.57. The van der Waals surface area contributed by atoms with Crippen molar-refractivity contribution in [2.45, 2.75) is 89.2 Å². The fraction of sp³-hybridized carbons (Fsp3) is 0.824. The van der Waals surface area contributed by atoms with Crippen molar-refractivity contribution >= 4 is 5.97 Å². The molecule has 0 aliphatic rings. The largest absolute Gasteiger partial charge is 0.458 e. The van der Waals surface area contributed by atoms with Crippen LogP contribution in [0.1, 0.15) is 64.7 Å². The van der Waals surface area contributed by atoms with E-state index in [4.69, 9.17) is 0 Å². The number of hydrogen-bond acceptors (Lipinski definition) is 3. The van der Waals surface area contributed by atoms with Gasteiger partial charge in [-0.3, -0.25) is 4.74 Å². The maximum atomic E-state index is 13.7.